The minimum atomic E-state index is -3.88. The van der Waals surface area contributed by atoms with E-state index in [1.807, 2.05) is 13.0 Å². The maximum Gasteiger partial charge on any atom is 0.256 e. The number of hydrogen-bond acceptors (Lipinski definition) is 5. The molecule has 1 aliphatic heterocycles. The van der Waals surface area contributed by atoms with Crippen molar-refractivity contribution in [1.82, 2.24) is 19.4 Å². The van der Waals surface area contributed by atoms with E-state index in [0.29, 0.717) is 35.1 Å². The van der Waals surface area contributed by atoms with Crippen molar-refractivity contribution in [2.45, 2.75) is 69.5 Å². The largest absolute Gasteiger partial charge is 0.331 e. The number of carbonyl (C=O) groups excluding carboxylic acids is 2. The van der Waals surface area contributed by atoms with E-state index in [4.69, 9.17) is 0 Å². The lowest BCUT2D eigenvalue weighted by atomic mass is 9.94. The van der Waals surface area contributed by atoms with Crippen LogP contribution in [0.2, 0.25) is 0 Å². The van der Waals surface area contributed by atoms with Crippen LogP contribution in [0, 0.1) is 5.92 Å². The van der Waals surface area contributed by atoms with Gasteiger partial charge in [-0.15, -0.1) is 0 Å². The smallest absolute Gasteiger partial charge is 0.256 e. The van der Waals surface area contributed by atoms with Crippen molar-refractivity contribution in [1.29, 1.82) is 0 Å². The SMILES string of the molecule is CC(=O)Nc1cc(-c2cc3c(c(S(=O)(=O)NC4CCC4)c2)C(=O)N(C(C)C2CC2)C3)n(C)n1. The standard InChI is InChI=1S/C23H29N5O4S/c1-13(15-7-8-15)28-12-17-9-16(19-11-21(24-14(2)29)25-27(19)3)10-20(22(17)23(28)30)33(31,32)26-18-5-4-6-18/h9-11,13,15,18,26H,4-8,12H2,1-3H3,(H,24,25,29). The number of anilines is 1. The van der Waals surface area contributed by atoms with Crippen molar-refractivity contribution in [2.75, 3.05) is 5.32 Å². The number of hydrogen-bond donors (Lipinski definition) is 2. The lowest BCUT2D eigenvalue weighted by molar-refractivity contribution is -0.114. The van der Waals surface area contributed by atoms with Crippen molar-refractivity contribution in [3.05, 3.63) is 29.3 Å². The molecule has 9 nitrogen and oxygen atoms in total. The Morgan fingerprint density at radius 2 is 1.91 bits per heavy atom. The molecule has 1 aromatic heterocycles. The lowest BCUT2D eigenvalue weighted by Crippen LogP contribution is -2.40. The van der Waals surface area contributed by atoms with Crippen LogP contribution in [-0.4, -0.2) is 47.0 Å². The van der Waals surface area contributed by atoms with Gasteiger partial charge in [0.25, 0.3) is 5.91 Å². The summed E-state index contributed by atoms with van der Waals surface area (Å²) in [4.78, 5) is 26.7. The quantitative estimate of drug-likeness (QED) is 0.645. The molecule has 2 saturated carbocycles. The van der Waals surface area contributed by atoms with E-state index in [-0.39, 0.29) is 34.4 Å². The number of aromatic nitrogens is 2. The summed E-state index contributed by atoms with van der Waals surface area (Å²) < 4.78 is 31.2. The third kappa shape index (κ3) is 4.06. The van der Waals surface area contributed by atoms with E-state index in [9.17, 15) is 18.0 Å². The monoisotopic (exact) mass is 471 g/mol. The van der Waals surface area contributed by atoms with Gasteiger partial charge in [0.15, 0.2) is 5.82 Å². The van der Waals surface area contributed by atoms with E-state index >= 15 is 0 Å². The molecular weight excluding hydrogens is 442 g/mol. The highest BCUT2D eigenvalue weighted by atomic mass is 32.2. The highest BCUT2D eigenvalue weighted by Crippen LogP contribution is 2.41. The van der Waals surface area contributed by atoms with Crippen molar-refractivity contribution >= 4 is 27.7 Å². The predicted molar refractivity (Wildman–Crippen MR) is 123 cm³/mol. The molecule has 1 atom stereocenters. The van der Waals surface area contributed by atoms with E-state index in [2.05, 4.69) is 15.1 Å². The van der Waals surface area contributed by atoms with Crippen molar-refractivity contribution < 1.29 is 18.0 Å². The Hall–Kier alpha value is -2.72. The Kier molecular flexibility index (Phi) is 5.32. The lowest BCUT2D eigenvalue weighted by Gasteiger charge is -2.27. The molecular formula is C23H29N5O4S. The number of benzene rings is 1. The topological polar surface area (TPSA) is 113 Å². The van der Waals surface area contributed by atoms with Gasteiger partial charge in [0.2, 0.25) is 15.9 Å². The van der Waals surface area contributed by atoms with Crippen LogP contribution >= 0.6 is 0 Å². The molecule has 3 aliphatic rings. The first-order chi connectivity index (χ1) is 15.6. The number of nitrogens with one attached hydrogen (secondary N) is 2. The second-order valence-electron chi connectivity index (χ2n) is 9.49. The van der Waals surface area contributed by atoms with Crippen LogP contribution in [0.4, 0.5) is 5.82 Å². The van der Waals surface area contributed by atoms with Crippen LogP contribution in [0.3, 0.4) is 0 Å². The number of nitrogens with zero attached hydrogens (tertiary/aromatic N) is 3. The Bertz CT molecular complexity index is 1240. The highest BCUT2D eigenvalue weighted by molar-refractivity contribution is 7.89. The molecule has 0 radical (unpaired) electrons. The van der Waals surface area contributed by atoms with Gasteiger partial charge in [0.05, 0.1) is 16.2 Å². The number of carbonyl (C=O) groups is 2. The maximum absolute atomic E-state index is 13.4. The fraction of sp³-hybridized carbons (Fsp3) is 0.522. The normalized spacial score (nSPS) is 19.4. The molecule has 5 rings (SSSR count). The average Bonchev–Trinajstić information content (AvgIpc) is 3.43. The van der Waals surface area contributed by atoms with Crippen LogP contribution in [0.15, 0.2) is 23.1 Å². The molecule has 0 spiro atoms. The Balaban J connectivity index is 1.60. The summed E-state index contributed by atoms with van der Waals surface area (Å²) in [6.45, 7) is 3.84. The van der Waals surface area contributed by atoms with E-state index < -0.39 is 10.0 Å². The first-order valence-electron chi connectivity index (χ1n) is 11.5. The van der Waals surface area contributed by atoms with E-state index in [1.54, 1.807) is 28.8 Å². The zero-order valence-corrected chi connectivity index (χ0v) is 19.9. The number of fused-ring (bicyclic) bond motifs is 1. The molecule has 33 heavy (non-hydrogen) atoms. The molecule has 2 fully saturated rings. The third-order valence-corrected chi connectivity index (χ3v) is 8.54. The van der Waals surface area contributed by atoms with Gasteiger partial charge < -0.3 is 10.2 Å². The van der Waals surface area contributed by atoms with Crippen LogP contribution < -0.4 is 10.0 Å². The molecule has 2 aromatic rings. The number of amides is 2. The summed E-state index contributed by atoms with van der Waals surface area (Å²) in [6.07, 6.45) is 4.81. The van der Waals surface area contributed by atoms with Gasteiger partial charge in [-0.25, -0.2) is 13.1 Å². The average molecular weight is 472 g/mol. The number of rotatable bonds is 7. The molecule has 2 aliphatic carbocycles. The zero-order valence-electron chi connectivity index (χ0n) is 19.1. The molecule has 10 heteroatoms. The summed E-state index contributed by atoms with van der Waals surface area (Å²) >= 11 is 0. The van der Waals surface area contributed by atoms with E-state index in [1.165, 1.54) is 6.92 Å². The molecule has 2 amide bonds. The Morgan fingerprint density at radius 3 is 2.52 bits per heavy atom. The third-order valence-electron chi connectivity index (χ3n) is 6.99. The van der Waals surface area contributed by atoms with Gasteiger partial charge >= 0.3 is 0 Å². The molecule has 2 heterocycles. The van der Waals surface area contributed by atoms with Crippen LogP contribution in [0.25, 0.3) is 11.3 Å². The molecule has 176 valence electrons. The fourth-order valence-corrected chi connectivity index (χ4v) is 6.32. The Morgan fingerprint density at radius 1 is 1.18 bits per heavy atom. The van der Waals surface area contributed by atoms with E-state index in [0.717, 1.165) is 32.1 Å². The van der Waals surface area contributed by atoms with Crippen molar-refractivity contribution in [3.8, 4) is 11.3 Å². The van der Waals surface area contributed by atoms with Gasteiger partial charge in [-0.3, -0.25) is 14.3 Å². The van der Waals surface area contributed by atoms with Crippen molar-refractivity contribution in [2.24, 2.45) is 13.0 Å². The van der Waals surface area contributed by atoms with Crippen LogP contribution in [0.1, 0.15) is 61.9 Å². The van der Waals surface area contributed by atoms with Gasteiger partial charge in [-0.05, 0) is 56.2 Å². The van der Waals surface area contributed by atoms with Gasteiger partial charge in [0, 0.05) is 44.2 Å². The molecule has 1 aromatic carbocycles. The molecule has 0 bridgehead atoms. The summed E-state index contributed by atoms with van der Waals surface area (Å²) in [5.74, 6) is 0.413. The van der Waals surface area contributed by atoms with Crippen LogP contribution in [-0.2, 0) is 28.4 Å². The zero-order chi connectivity index (χ0) is 23.5. The summed E-state index contributed by atoms with van der Waals surface area (Å²) in [5, 5.41) is 6.97. The number of aryl methyl sites for hydroxylation is 1. The van der Waals surface area contributed by atoms with Gasteiger partial charge in [-0.2, -0.15) is 5.10 Å². The Labute approximate surface area is 193 Å². The maximum atomic E-state index is 13.4. The van der Waals surface area contributed by atoms with Crippen molar-refractivity contribution in [3.63, 3.8) is 0 Å². The summed E-state index contributed by atoms with van der Waals surface area (Å²) in [6, 6.07) is 5.14. The molecule has 1 unspecified atom stereocenters. The molecule has 2 N–H and O–H groups in total. The van der Waals surface area contributed by atoms with Crippen LogP contribution in [0.5, 0.6) is 0 Å². The van der Waals surface area contributed by atoms with Gasteiger partial charge in [-0.1, -0.05) is 6.42 Å². The first-order valence-corrected chi connectivity index (χ1v) is 12.9. The second kappa shape index (κ2) is 7.95. The summed E-state index contributed by atoms with van der Waals surface area (Å²) in [5.41, 5.74) is 2.29. The minimum absolute atomic E-state index is 0.0275. The highest BCUT2D eigenvalue weighted by Gasteiger charge is 2.42. The first kappa shape index (κ1) is 22.1. The minimum Gasteiger partial charge on any atom is -0.331 e. The van der Waals surface area contributed by atoms with Gasteiger partial charge in [0.1, 0.15) is 0 Å². The predicted octanol–water partition coefficient (Wildman–Crippen LogP) is 2.63. The summed E-state index contributed by atoms with van der Waals surface area (Å²) in [7, 11) is -2.15. The second-order valence-corrected chi connectivity index (χ2v) is 11.2. The fourth-order valence-electron chi connectivity index (χ4n) is 4.75. The molecule has 0 saturated heterocycles. The number of sulfonamides is 1.